The van der Waals surface area contributed by atoms with Crippen LogP contribution < -0.4 is 10.6 Å². The van der Waals surface area contributed by atoms with Crippen molar-refractivity contribution in [1.82, 2.24) is 20.4 Å². The zero-order valence-corrected chi connectivity index (χ0v) is 19.6. The fraction of sp³-hybridized carbons (Fsp3) is 0.950. The zero-order chi connectivity index (χ0) is 17.9. The quantitative estimate of drug-likeness (QED) is 0.319. The van der Waals surface area contributed by atoms with Gasteiger partial charge in [0.25, 0.3) is 0 Å². The number of hydrogen-bond acceptors (Lipinski definition) is 3. The molecule has 2 N–H and O–H groups in total. The number of nitrogens with zero attached hydrogens (tertiary/aromatic N) is 3. The molecule has 0 amide bonds. The van der Waals surface area contributed by atoms with Crippen molar-refractivity contribution in [2.75, 3.05) is 52.9 Å². The van der Waals surface area contributed by atoms with Gasteiger partial charge in [0, 0.05) is 32.7 Å². The third kappa shape index (κ3) is 8.30. The molecule has 0 saturated carbocycles. The number of halogens is 1. The number of likely N-dealkylation sites (tertiary alicyclic amines) is 2. The summed E-state index contributed by atoms with van der Waals surface area (Å²) in [7, 11) is 1.88. The van der Waals surface area contributed by atoms with Crippen molar-refractivity contribution in [3.63, 3.8) is 0 Å². The van der Waals surface area contributed by atoms with E-state index in [0.29, 0.717) is 0 Å². The minimum Gasteiger partial charge on any atom is -0.356 e. The lowest BCUT2D eigenvalue weighted by molar-refractivity contribution is 0.147. The van der Waals surface area contributed by atoms with E-state index in [0.717, 1.165) is 37.6 Å². The lowest BCUT2D eigenvalue weighted by Gasteiger charge is -2.35. The van der Waals surface area contributed by atoms with Crippen LogP contribution in [0.4, 0.5) is 0 Å². The summed E-state index contributed by atoms with van der Waals surface area (Å²) in [4.78, 5) is 9.67. The van der Waals surface area contributed by atoms with Gasteiger partial charge in [-0.05, 0) is 70.6 Å². The van der Waals surface area contributed by atoms with Gasteiger partial charge in [-0.1, -0.05) is 20.3 Å². The summed E-state index contributed by atoms with van der Waals surface area (Å²) in [6, 6.07) is 0.791. The lowest BCUT2D eigenvalue weighted by atomic mass is 9.97. The SMILES string of the molecule is CCCN1CCC(CNC(=NC)NCCN2CCCCC2CC)CC1.I. The highest BCUT2D eigenvalue weighted by atomic mass is 127. The standard InChI is InChI=1S/C20H41N5.HI/c1-4-12-24-14-9-18(10-15-24)17-23-20(21-3)22-11-16-25-13-7-6-8-19(25)5-2;/h18-19H,4-17H2,1-3H3,(H2,21,22,23);1H. The Balaban J connectivity index is 0.00000338. The smallest absolute Gasteiger partial charge is 0.191 e. The molecule has 2 fully saturated rings. The highest BCUT2D eigenvalue weighted by Gasteiger charge is 2.20. The van der Waals surface area contributed by atoms with Gasteiger partial charge in [0.2, 0.25) is 0 Å². The molecule has 2 rings (SSSR count). The summed E-state index contributed by atoms with van der Waals surface area (Å²) < 4.78 is 0. The maximum absolute atomic E-state index is 4.40. The summed E-state index contributed by atoms with van der Waals surface area (Å²) in [6.45, 7) is 12.8. The minimum absolute atomic E-state index is 0. The Hall–Kier alpha value is -0.0800. The Bertz CT molecular complexity index is 382. The molecule has 26 heavy (non-hydrogen) atoms. The average Bonchev–Trinajstić information content (AvgIpc) is 2.66. The molecule has 0 aliphatic carbocycles. The fourth-order valence-electron chi connectivity index (χ4n) is 4.33. The predicted molar refractivity (Wildman–Crippen MR) is 124 cm³/mol. The second kappa shape index (κ2) is 14.0. The topological polar surface area (TPSA) is 42.9 Å². The Morgan fingerprint density at radius 3 is 2.42 bits per heavy atom. The largest absolute Gasteiger partial charge is 0.356 e. The van der Waals surface area contributed by atoms with E-state index in [1.54, 1.807) is 0 Å². The first-order valence-corrected chi connectivity index (χ1v) is 10.7. The van der Waals surface area contributed by atoms with Crippen LogP contribution in [-0.2, 0) is 0 Å². The van der Waals surface area contributed by atoms with Crippen LogP contribution >= 0.6 is 24.0 Å². The van der Waals surface area contributed by atoms with Gasteiger partial charge in [-0.25, -0.2) is 0 Å². The molecule has 154 valence electrons. The van der Waals surface area contributed by atoms with Gasteiger partial charge in [-0.3, -0.25) is 9.89 Å². The third-order valence-corrected chi connectivity index (χ3v) is 5.94. The maximum Gasteiger partial charge on any atom is 0.191 e. The number of hydrogen-bond donors (Lipinski definition) is 2. The molecule has 0 bridgehead atoms. The molecule has 2 heterocycles. The van der Waals surface area contributed by atoms with E-state index in [4.69, 9.17) is 0 Å². The van der Waals surface area contributed by atoms with E-state index >= 15 is 0 Å². The molecular weight excluding hydrogens is 437 g/mol. The van der Waals surface area contributed by atoms with Crippen LogP contribution in [0.1, 0.15) is 58.8 Å². The van der Waals surface area contributed by atoms with Gasteiger partial charge in [0.05, 0.1) is 0 Å². The van der Waals surface area contributed by atoms with E-state index in [1.165, 1.54) is 71.1 Å². The summed E-state index contributed by atoms with van der Waals surface area (Å²) in [6.07, 6.45) is 9.33. The Morgan fingerprint density at radius 1 is 1.00 bits per heavy atom. The monoisotopic (exact) mass is 479 g/mol. The number of piperidine rings is 2. The first-order valence-electron chi connectivity index (χ1n) is 10.7. The normalized spacial score (nSPS) is 23.5. The first kappa shape index (κ1) is 24.0. The molecule has 0 aromatic carbocycles. The highest BCUT2D eigenvalue weighted by molar-refractivity contribution is 14.0. The summed E-state index contributed by atoms with van der Waals surface area (Å²) in [5.74, 6) is 1.76. The Kier molecular flexibility index (Phi) is 12.9. The number of nitrogens with one attached hydrogen (secondary N) is 2. The van der Waals surface area contributed by atoms with E-state index < -0.39 is 0 Å². The van der Waals surface area contributed by atoms with E-state index in [-0.39, 0.29) is 24.0 Å². The van der Waals surface area contributed by atoms with Gasteiger partial charge in [0.15, 0.2) is 5.96 Å². The lowest BCUT2D eigenvalue weighted by Crippen LogP contribution is -2.47. The molecule has 2 saturated heterocycles. The van der Waals surface area contributed by atoms with Crippen molar-refractivity contribution in [2.45, 2.75) is 64.8 Å². The van der Waals surface area contributed by atoms with Crippen molar-refractivity contribution in [3.05, 3.63) is 0 Å². The van der Waals surface area contributed by atoms with Gasteiger partial charge in [-0.2, -0.15) is 0 Å². The van der Waals surface area contributed by atoms with Crippen LogP contribution in [0.2, 0.25) is 0 Å². The van der Waals surface area contributed by atoms with Crippen LogP contribution in [0.3, 0.4) is 0 Å². The molecule has 0 spiro atoms. The molecule has 6 heteroatoms. The van der Waals surface area contributed by atoms with Gasteiger partial charge in [0.1, 0.15) is 0 Å². The van der Waals surface area contributed by atoms with E-state index in [2.05, 4.69) is 39.3 Å². The molecule has 1 unspecified atom stereocenters. The van der Waals surface area contributed by atoms with Crippen LogP contribution in [0.25, 0.3) is 0 Å². The fourth-order valence-corrected chi connectivity index (χ4v) is 4.33. The third-order valence-electron chi connectivity index (χ3n) is 5.94. The summed E-state index contributed by atoms with van der Waals surface area (Å²) in [5.41, 5.74) is 0. The molecular formula is C20H42IN5. The number of guanidine groups is 1. The van der Waals surface area contributed by atoms with Crippen molar-refractivity contribution in [3.8, 4) is 0 Å². The van der Waals surface area contributed by atoms with Crippen molar-refractivity contribution in [2.24, 2.45) is 10.9 Å². The second-order valence-corrected chi connectivity index (χ2v) is 7.76. The van der Waals surface area contributed by atoms with E-state index in [9.17, 15) is 0 Å². The van der Waals surface area contributed by atoms with Crippen molar-refractivity contribution < 1.29 is 0 Å². The summed E-state index contributed by atoms with van der Waals surface area (Å²) >= 11 is 0. The molecule has 0 aromatic rings. The molecule has 2 aliphatic heterocycles. The van der Waals surface area contributed by atoms with Crippen LogP contribution in [0.15, 0.2) is 4.99 Å². The summed E-state index contributed by atoms with van der Waals surface area (Å²) in [5, 5.41) is 7.07. The van der Waals surface area contributed by atoms with Gasteiger partial charge in [-0.15, -0.1) is 24.0 Å². The van der Waals surface area contributed by atoms with E-state index in [1.807, 2.05) is 7.05 Å². The Labute approximate surface area is 178 Å². The number of aliphatic imine (C=N–C) groups is 1. The zero-order valence-electron chi connectivity index (χ0n) is 17.3. The van der Waals surface area contributed by atoms with Crippen molar-refractivity contribution in [1.29, 1.82) is 0 Å². The number of rotatable bonds is 8. The molecule has 2 aliphatic rings. The maximum atomic E-state index is 4.40. The Morgan fingerprint density at radius 2 is 1.77 bits per heavy atom. The predicted octanol–water partition coefficient (Wildman–Crippen LogP) is 3.16. The highest BCUT2D eigenvalue weighted by Crippen LogP contribution is 2.18. The average molecular weight is 479 g/mol. The minimum atomic E-state index is 0. The van der Waals surface area contributed by atoms with Crippen LogP contribution in [0, 0.1) is 5.92 Å². The molecule has 0 aromatic heterocycles. The van der Waals surface area contributed by atoms with Gasteiger partial charge >= 0.3 is 0 Å². The van der Waals surface area contributed by atoms with Crippen molar-refractivity contribution >= 4 is 29.9 Å². The van der Waals surface area contributed by atoms with Crippen LogP contribution in [-0.4, -0.2) is 74.7 Å². The molecule has 5 nitrogen and oxygen atoms in total. The molecule has 1 atom stereocenters. The second-order valence-electron chi connectivity index (χ2n) is 7.76. The van der Waals surface area contributed by atoms with Crippen LogP contribution in [0.5, 0.6) is 0 Å². The first-order chi connectivity index (χ1) is 12.3. The van der Waals surface area contributed by atoms with Gasteiger partial charge < -0.3 is 15.5 Å². The molecule has 0 radical (unpaired) electrons.